The molecular weight excluding hydrogens is 328 g/mol. The van der Waals surface area contributed by atoms with Crippen LogP contribution in [0.3, 0.4) is 0 Å². The largest absolute Gasteiger partial charge is 0.376 e. The molecule has 0 spiro atoms. The minimum atomic E-state index is -0.271. The van der Waals surface area contributed by atoms with E-state index < -0.39 is 0 Å². The van der Waals surface area contributed by atoms with E-state index in [-0.39, 0.29) is 23.5 Å². The lowest BCUT2D eigenvalue weighted by molar-refractivity contribution is -0.113. The number of rotatable bonds is 6. The van der Waals surface area contributed by atoms with Crippen molar-refractivity contribution in [2.75, 3.05) is 17.7 Å². The molecule has 1 atom stereocenters. The van der Waals surface area contributed by atoms with E-state index in [0.717, 1.165) is 30.7 Å². The molecular formula is C16H20N4O3S. The maximum atomic E-state index is 12.1. The Morgan fingerprint density at radius 3 is 3.08 bits per heavy atom. The molecule has 1 aliphatic rings. The van der Waals surface area contributed by atoms with Gasteiger partial charge in [-0.2, -0.15) is 0 Å². The third kappa shape index (κ3) is 4.07. The number of aromatic amines is 1. The van der Waals surface area contributed by atoms with Crippen molar-refractivity contribution in [1.82, 2.24) is 14.8 Å². The zero-order chi connectivity index (χ0) is 16.9. The maximum absolute atomic E-state index is 12.1. The number of nitrogens with one attached hydrogen (secondary N) is 2. The molecule has 1 aliphatic heterocycles. The molecule has 2 aromatic rings. The highest BCUT2D eigenvalue weighted by molar-refractivity contribution is 7.99. The van der Waals surface area contributed by atoms with Crippen molar-refractivity contribution in [1.29, 1.82) is 0 Å². The second-order valence-corrected chi connectivity index (χ2v) is 6.65. The maximum Gasteiger partial charge on any atom is 0.344 e. The van der Waals surface area contributed by atoms with E-state index in [4.69, 9.17) is 4.74 Å². The number of hydrogen-bond acceptors (Lipinski definition) is 5. The molecule has 1 amide bonds. The molecule has 1 aromatic carbocycles. The van der Waals surface area contributed by atoms with Crippen LogP contribution in [0, 0.1) is 6.92 Å². The number of aryl methyl sites for hydroxylation is 1. The first-order chi connectivity index (χ1) is 11.6. The highest BCUT2D eigenvalue weighted by Gasteiger charge is 2.20. The van der Waals surface area contributed by atoms with Gasteiger partial charge in [0.25, 0.3) is 0 Å². The zero-order valence-corrected chi connectivity index (χ0v) is 14.3. The van der Waals surface area contributed by atoms with Crippen LogP contribution in [0.2, 0.25) is 0 Å². The predicted molar refractivity (Wildman–Crippen MR) is 92.4 cm³/mol. The molecule has 7 nitrogen and oxygen atoms in total. The van der Waals surface area contributed by atoms with E-state index in [9.17, 15) is 9.59 Å². The molecule has 0 aliphatic carbocycles. The Bertz CT molecular complexity index is 765. The van der Waals surface area contributed by atoms with E-state index >= 15 is 0 Å². The smallest absolute Gasteiger partial charge is 0.344 e. The predicted octanol–water partition coefficient (Wildman–Crippen LogP) is 1.79. The number of aromatic nitrogens is 3. The quantitative estimate of drug-likeness (QED) is 0.777. The summed E-state index contributed by atoms with van der Waals surface area (Å²) >= 11 is 1.24. The fraction of sp³-hybridized carbons (Fsp3) is 0.438. The first-order valence-electron chi connectivity index (χ1n) is 7.88. The molecule has 2 N–H and O–H groups in total. The molecule has 3 rings (SSSR count). The fourth-order valence-corrected chi connectivity index (χ4v) is 3.35. The van der Waals surface area contributed by atoms with Crippen LogP contribution in [-0.2, 0) is 16.1 Å². The van der Waals surface area contributed by atoms with E-state index in [1.165, 1.54) is 11.8 Å². The molecule has 1 fully saturated rings. The molecule has 0 radical (unpaired) electrons. The Kier molecular flexibility index (Phi) is 5.37. The van der Waals surface area contributed by atoms with E-state index in [0.29, 0.717) is 11.7 Å². The number of hydrogen-bond donors (Lipinski definition) is 2. The molecule has 2 heterocycles. The number of ether oxygens (including phenoxy) is 1. The van der Waals surface area contributed by atoms with Gasteiger partial charge in [-0.25, -0.2) is 9.89 Å². The number of thioether (sulfide) groups is 1. The van der Waals surface area contributed by atoms with Gasteiger partial charge < -0.3 is 10.1 Å². The number of anilines is 1. The SMILES string of the molecule is Cc1ccccc1NC(=O)CSc1n[nH]c(=O)n1C[C@@H]1CCCO1. The number of para-hydroxylation sites is 1. The lowest BCUT2D eigenvalue weighted by Gasteiger charge is -2.11. The van der Waals surface area contributed by atoms with Crippen LogP contribution in [0.25, 0.3) is 0 Å². The summed E-state index contributed by atoms with van der Waals surface area (Å²) in [5.74, 6) is 0.0536. The first kappa shape index (κ1) is 16.8. The number of carbonyl (C=O) groups is 1. The summed E-state index contributed by atoms with van der Waals surface area (Å²) in [4.78, 5) is 24.0. The third-order valence-corrected chi connectivity index (χ3v) is 4.86. The molecule has 1 saturated heterocycles. The van der Waals surface area contributed by atoms with Crippen molar-refractivity contribution in [3.8, 4) is 0 Å². The van der Waals surface area contributed by atoms with Gasteiger partial charge in [0.1, 0.15) is 0 Å². The second kappa shape index (κ2) is 7.67. The Morgan fingerprint density at radius 1 is 1.50 bits per heavy atom. The van der Waals surface area contributed by atoms with Crippen LogP contribution in [0.5, 0.6) is 0 Å². The van der Waals surface area contributed by atoms with Crippen LogP contribution in [-0.4, -0.2) is 39.1 Å². The summed E-state index contributed by atoms with van der Waals surface area (Å²) < 4.78 is 7.11. The van der Waals surface area contributed by atoms with Gasteiger partial charge in [-0.15, -0.1) is 5.10 Å². The summed E-state index contributed by atoms with van der Waals surface area (Å²) in [5.41, 5.74) is 1.53. The van der Waals surface area contributed by atoms with E-state index in [1.807, 2.05) is 31.2 Å². The van der Waals surface area contributed by atoms with Crippen LogP contribution < -0.4 is 11.0 Å². The Labute approximate surface area is 143 Å². The minimum absolute atomic E-state index is 0.0421. The number of nitrogens with zero attached hydrogens (tertiary/aromatic N) is 2. The van der Waals surface area contributed by atoms with Crippen LogP contribution in [0.4, 0.5) is 5.69 Å². The third-order valence-electron chi connectivity index (χ3n) is 3.88. The molecule has 128 valence electrons. The lowest BCUT2D eigenvalue weighted by Crippen LogP contribution is -2.25. The van der Waals surface area contributed by atoms with Gasteiger partial charge in [-0.3, -0.25) is 9.36 Å². The fourth-order valence-electron chi connectivity index (χ4n) is 2.60. The summed E-state index contributed by atoms with van der Waals surface area (Å²) in [6, 6.07) is 7.60. The zero-order valence-electron chi connectivity index (χ0n) is 13.4. The lowest BCUT2D eigenvalue weighted by atomic mass is 10.2. The number of carbonyl (C=O) groups excluding carboxylic acids is 1. The van der Waals surface area contributed by atoms with Gasteiger partial charge in [-0.1, -0.05) is 30.0 Å². The number of benzene rings is 1. The van der Waals surface area contributed by atoms with Gasteiger partial charge in [0.2, 0.25) is 5.91 Å². The molecule has 1 aromatic heterocycles. The molecule has 8 heteroatoms. The van der Waals surface area contributed by atoms with Crippen LogP contribution in [0.15, 0.2) is 34.2 Å². The monoisotopic (exact) mass is 348 g/mol. The van der Waals surface area contributed by atoms with Gasteiger partial charge >= 0.3 is 5.69 Å². The number of amides is 1. The van der Waals surface area contributed by atoms with Crippen LogP contribution >= 0.6 is 11.8 Å². The highest BCUT2D eigenvalue weighted by atomic mass is 32.2. The highest BCUT2D eigenvalue weighted by Crippen LogP contribution is 2.19. The molecule has 0 unspecified atom stereocenters. The first-order valence-corrected chi connectivity index (χ1v) is 8.87. The van der Waals surface area contributed by atoms with Crippen LogP contribution in [0.1, 0.15) is 18.4 Å². The van der Waals surface area contributed by atoms with Crippen molar-refractivity contribution in [3.05, 3.63) is 40.3 Å². The van der Waals surface area contributed by atoms with Crippen molar-refractivity contribution in [2.24, 2.45) is 0 Å². The van der Waals surface area contributed by atoms with Gasteiger partial charge in [0.05, 0.1) is 18.4 Å². The van der Waals surface area contributed by atoms with Gasteiger partial charge in [0.15, 0.2) is 5.16 Å². The molecule has 24 heavy (non-hydrogen) atoms. The topological polar surface area (TPSA) is 89.0 Å². The van der Waals surface area contributed by atoms with E-state index in [1.54, 1.807) is 4.57 Å². The van der Waals surface area contributed by atoms with Crippen molar-refractivity contribution in [2.45, 2.75) is 37.6 Å². The van der Waals surface area contributed by atoms with Crippen molar-refractivity contribution >= 4 is 23.4 Å². The second-order valence-electron chi connectivity index (χ2n) is 5.71. The summed E-state index contributed by atoms with van der Waals surface area (Å²) in [7, 11) is 0. The van der Waals surface area contributed by atoms with Crippen molar-refractivity contribution in [3.63, 3.8) is 0 Å². The summed E-state index contributed by atoms with van der Waals surface area (Å²) in [6.07, 6.45) is 1.99. The van der Waals surface area contributed by atoms with Gasteiger partial charge in [-0.05, 0) is 31.4 Å². The Balaban J connectivity index is 1.59. The Hall–Kier alpha value is -2.06. The molecule has 0 bridgehead atoms. The minimum Gasteiger partial charge on any atom is -0.376 e. The van der Waals surface area contributed by atoms with Crippen molar-refractivity contribution < 1.29 is 9.53 Å². The average Bonchev–Trinajstić information content (AvgIpc) is 3.19. The average molecular weight is 348 g/mol. The Morgan fingerprint density at radius 2 is 2.33 bits per heavy atom. The van der Waals surface area contributed by atoms with E-state index in [2.05, 4.69) is 15.5 Å². The summed E-state index contributed by atoms with van der Waals surface area (Å²) in [5, 5.41) is 9.83. The number of H-pyrrole nitrogens is 1. The normalized spacial score (nSPS) is 17.1. The molecule has 0 saturated carbocycles. The van der Waals surface area contributed by atoms with Gasteiger partial charge in [0, 0.05) is 12.3 Å². The summed E-state index contributed by atoms with van der Waals surface area (Å²) in [6.45, 7) is 3.14. The standard InChI is InChI=1S/C16H20N4O3S/c1-11-5-2-3-7-13(11)17-14(21)10-24-16-19-18-15(22)20(16)9-12-6-4-8-23-12/h2-3,5,7,12H,4,6,8-10H2,1H3,(H,17,21)(H,18,22)/t12-/m0/s1.